The Bertz CT molecular complexity index is 572. The number of allylic oxidation sites excluding steroid dienone is 4. The molecule has 0 aromatic heterocycles. The minimum atomic E-state index is -2.94. The highest BCUT2D eigenvalue weighted by atomic mass is 32.2. The van der Waals surface area contributed by atoms with Crippen LogP contribution < -0.4 is 0 Å². The lowest BCUT2D eigenvalue weighted by atomic mass is 9.95. The number of rotatable bonds is 28. The fourth-order valence-electron chi connectivity index (χ4n) is 5.19. The van der Waals surface area contributed by atoms with Gasteiger partial charge in [0.25, 0.3) is 0 Å². The second kappa shape index (κ2) is 27.0. The van der Waals surface area contributed by atoms with E-state index in [-0.39, 0.29) is 0 Å². The van der Waals surface area contributed by atoms with Crippen molar-refractivity contribution in [3.8, 4) is 0 Å². The van der Waals surface area contributed by atoms with Crippen LogP contribution in [0.4, 0.5) is 0 Å². The van der Waals surface area contributed by atoms with Crippen molar-refractivity contribution in [2.75, 3.05) is 11.5 Å². The predicted octanol–water partition coefficient (Wildman–Crippen LogP) is 11.4. The fraction of sp³-hybridized carbons (Fsp3) is 0.882. The average molecular weight is 539 g/mol. The van der Waals surface area contributed by atoms with E-state index in [4.69, 9.17) is 0 Å². The smallest absolute Gasteiger partial charge is 0.150 e. The Morgan fingerprint density at radius 3 is 1.19 bits per heavy atom. The molecular formula is C34H66O2S. The van der Waals surface area contributed by atoms with Crippen LogP contribution in [0, 0.1) is 11.8 Å². The van der Waals surface area contributed by atoms with E-state index in [9.17, 15) is 8.42 Å². The van der Waals surface area contributed by atoms with Crippen LogP contribution in [0.3, 0.4) is 0 Å². The minimum absolute atomic E-state index is 0.370. The van der Waals surface area contributed by atoms with Crippen molar-refractivity contribution in [2.24, 2.45) is 11.8 Å². The average Bonchev–Trinajstić information content (AvgIpc) is 2.87. The van der Waals surface area contributed by atoms with Gasteiger partial charge in [0.05, 0.1) is 11.5 Å². The molecular weight excluding hydrogens is 472 g/mol. The summed E-state index contributed by atoms with van der Waals surface area (Å²) in [4.78, 5) is 0. The molecule has 37 heavy (non-hydrogen) atoms. The van der Waals surface area contributed by atoms with Gasteiger partial charge in [-0.1, -0.05) is 142 Å². The van der Waals surface area contributed by atoms with Gasteiger partial charge < -0.3 is 0 Å². The molecule has 0 N–H and O–H groups in total. The Balaban J connectivity index is 4.44. The molecule has 0 radical (unpaired) electrons. The van der Waals surface area contributed by atoms with E-state index in [1.54, 1.807) is 0 Å². The lowest BCUT2D eigenvalue weighted by Gasteiger charge is -2.14. The summed E-state index contributed by atoms with van der Waals surface area (Å²) in [6.07, 6.45) is 36.1. The third kappa shape index (κ3) is 25.5. The maximum absolute atomic E-state index is 12.8. The second-order valence-electron chi connectivity index (χ2n) is 11.5. The molecule has 0 aromatic carbocycles. The Labute approximate surface area is 234 Å². The van der Waals surface area contributed by atoms with Gasteiger partial charge in [-0.3, -0.25) is 0 Å². The molecule has 0 amide bonds. The van der Waals surface area contributed by atoms with E-state index in [0.717, 1.165) is 38.5 Å². The van der Waals surface area contributed by atoms with Gasteiger partial charge in [0, 0.05) is 0 Å². The quantitative estimate of drug-likeness (QED) is 0.0733. The van der Waals surface area contributed by atoms with Crippen molar-refractivity contribution < 1.29 is 8.42 Å². The maximum Gasteiger partial charge on any atom is 0.150 e. The van der Waals surface area contributed by atoms with Crippen molar-refractivity contribution in [3.05, 3.63) is 24.3 Å². The summed E-state index contributed by atoms with van der Waals surface area (Å²) in [5.74, 6) is 1.85. The third-order valence-electron chi connectivity index (χ3n) is 7.64. The summed E-state index contributed by atoms with van der Waals surface area (Å²) in [6, 6.07) is 0. The molecule has 0 spiro atoms. The summed E-state index contributed by atoms with van der Waals surface area (Å²) in [5.41, 5.74) is 0. The molecule has 2 unspecified atom stereocenters. The van der Waals surface area contributed by atoms with Crippen LogP contribution >= 0.6 is 0 Å². The van der Waals surface area contributed by atoms with E-state index < -0.39 is 9.84 Å². The first-order valence-corrected chi connectivity index (χ1v) is 18.3. The van der Waals surface area contributed by atoms with Crippen LogP contribution in [0.5, 0.6) is 0 Å². The Morgan fingerprint density at radius 1 is 0.459 bits per heavy atom. The van der Waals surface area contributed by atoms with Gasteiger partial charge in [-0.05, 0) is 63.2 Å². The zero-order valence-corrected chi connectivity index (χ0v) is 26.5. The van der Waals surface area contributed by atoms with Crippen molar-refractivity contribution in [2.45, 2.75) is 169 Å². The first-order chi connectivity index (χ1) is 18.0. The number of hydrogen-bond donors (Lipinski definition) is 0. The molecule has 0 bridgehead atoms. The van der Waals surface area contributed by atoms with Gasteiger partial charge in [0.15, 0.2) is 0 Å². The van der Waals surface area contributed by atoms with Crippen LogP contribution in [0.1, 0.15) is 169 Å². The molecule has 3 heteroatoms. The Morgan fingerprint density at radius 2 is 0.811 bits per heavy atom. The molecule has 0 saturated heterocycles. The first-order valence-electron chi connectivity index (χ1n) is 16.5. The highest BCUT2D eigenvalue weighted by molar-refractivity contribution is 7.91. The first kappa shape index (κ1) is 36.4. The maximum atomic E-state index is 12.8. The number of unbranched alkanes of at least 4 members (excludes halogenated alkanes) is 12. The van der Waals surface area contributed by atoms with Crippen LogP contribution in [0.15, 0.2) is 24.3 Å². The van der Waals surface area contributed by atoms with Gasteiger partial charge >= 0.3 is 0 Å². The lowest BCUT2D eigenvalue weighted by Crippen LogP contribution is -2.13. The molecule has 220 valence electrons. The normalized spacial score (nSPS) is 14.2. The van der Waals surface area contributed by atoms with Gasteiger partial charge in [0.1, 0.15) is 9.84 Å². The Kier molecular flexibility index (Phi) is 26.6. The summed E-state index contributed by atoms with van der Waals surface area (Å²) in [6.45, 7) is 8.97. The highest BCUT2D eigenvalue weighted by Crippen LogP contribution is 2.22. The van der Waals surface area contributed by atoms with Crippen molar-refractivity contribution >= 4 is 9.84 Å². The monoisotopic (exact) mass is 538 g/mol. The summed E-state index contributed by atoms with van der Waals surface area (Å²) < 4.78 is 25.6. The molecule has 0 saturated carbocycles. The molecule has 0 aromatic rings. The van der Waals surface area contributed by atoms with Crippen molar-refractivity contribution in [3.63, 3.8) is 0 Å². The van der Waals surface area contributed by atoms with Crippen molar-refractivity contribution in [1.29, 1.82) is 0 Å². The number of sulfone groups is 1. The molecule has 0 aliphatic rings. The molecule has 0 aliphatic heterocycles. The van der Waals surface area contributed by atoms with Crippen LogP contribution in [-0.2, 0) is 9.84 Å². The van der Waals surface area contributed by atoms with E-state index in [0.29, 0.717) is 23.3 Å². The highest BCUT2D eigenvalue weighted by Gasteiger charge is 2.14. The second-order valence-corrected chi connectivity index (χ2v) is 13.8. The van der Waals surface area contributed by atoms with E-state index in [1.165, 1.54) is 103 Å². The van der Waals surface area contributed by atoms with Gasteiger partial charge in [0.2, 0.25) is 0 Å². The standard InChI is InChI=1S/C34H66O2S/c1-5-9-13-15-17-21-27-33(25-19-11-7-3)29-23-31-37(35,36)32-24-30-34(26-20-12-8-4)28-22-18-16-14-10-6-2/h19-20,25-26,33-34H,5-18,21-24,27-32H2,1-4H3. The third-order valence-corrected chi connectivity index (χ3v) is 9.47. The molecule has 0 heterocycles. The van der Waals surface area contributed by atoms with Gasteiger partial charge in [-0.15, -0.1) is 0 Å². The van der Waals surface area contributed by atoms with Gasteiger partial charge in [-0.2, -0.15) is 0 Å². The zero-order valence-electron chi connectivity index (χ0n) is 25.7. The van der Waals surface area contributed by atoms with Crippen LogP contribution in [-0.4, -0.2) is 19.9 Å². The zero-order chi connectivity index (χ0) is 27.5. The summed E-state index contributed by atoms with van der Waals surface area (Å²) >= 11 is 0. The molecule has 0 rings (SSSR count). The van der Waals surface area contributed by atoms with Crippen molar-refractivity contribution in [1.82, 2.24) is 0 Å². The van der Waals surface area contributed by atoms with E-state index in [1.807, 2.05) is 0 Å². The molecule has 0 fully saturated rings. The van der Waals surface area contributed by atoms with E-state index in [2.05, 4.69) is 52.0 Å². The Hall–Kier alpha value is -0.570. The number of hydrogen-bond acceptors (Lipinski definition) is 2. The summed E-state index contributed by atoms with van der Waals surface area (Å²) in [7, 11) is -2.94. The predicted molar refractivity (Wildman–Crippen MR) is 168 cm³/mol. The van der Waals surface area contributed by atoms with Gasteiger partial charge in [-0.25, -0.2) is 8.42 Å². The molecule has 0 aliphatic carbocycles. The molecule has 2 atom stereocenters. The largest absolute Gasteiger partial charge is 0.229 e. The SMILES string of the molecule is CCCC=CC(CCCCCCCC)CCCS(=O)(=O)CCCC(C=CCCC)CCCCCCCC. The van der Waals surface area contributed by atoms with Crippen LogP contribution in [0.2, 0.25) is 0 Å². The van der Waals surface area contributed by atoms with Crippen LogP contribution in [0.25, 0.3) is 0 Å². The minimum Gasteiger partial charge on any atom is -0.229 e. The summed E-state index contributed by atoms with van der Waals surface area (Å²) in [5, 5.41) is 0. The lowest BCUT2D eigenvalue weighted by molar-refractivity contribution is 0.483. The topological polar surface area (TPSA) is 34.1 Å². The van der Waals surface area contributed by atoms with E-state index >= 15 is 0 Å². The fourth-order valence-corrected chi connectivity index (χ4v) is 6.61. The molecule has 2 nitrogen and oxygen atoms in total.